The third-order valence-electron chi connectivity index (χ3n) is 1.94. The maximum atomic E-state index is 12.7. The molecule has 72 valence electrons. The zero-order valence-electron chi connectivity index (χ0n) is 7.46. The zero-order chi connectivity index (χ0) is 9.68. The van der Waals surface area contributed by atoms with Crippen molar-refractivity contribution in [3.05, 3.63) is 29.6 Å². The van der Waals surface area contributed by atoms with Crippen molar-refractivity contribution >= 4 is 0 Å². The number of benzene rings is 1. The quantitative estimate of drug-likeness (QED) is 0.699. The van der Waals surface area contributed by atoms with Crippen LogP contribution >= 0.6 is 0 Å². The summed E-state index contributed by atoms with van der Waals surface area (Å²) in [6.07, 6.45) is 2.46. The minimum absolute atomic E-state index is 0.165. The van der Waals surface area contributed by atoms with Gasteiger partial charge in [0, 0.05) is 0 Å². The van der Waals surface area contributed by atoms with Crippen molar-refractivity contribution in [2.75, 3.05) is 6.54 Å². The van der Waals surface area contributed by atoms with Gasteiger partial charge in [-0.05, 0) is 49.6 Å². The average molecular weight is 183 g/mol. The van der Waals surface area contributed by atoms with Gasteiger partial charge in [0.25, 0.3) is 0 Å². The van der Waals surface area contributed by atoms with Crippen LogP contribution in [0.1, 0.15) is 18.4 Å². The SMILES string of the molecule is NCCCCc1cc(F)ccc1O. The summed E-state index contributed by atoms with van der Waals surface area (Å²) >= 11 is 0. The second-order valence-electron chi connectivity index (χ2n) is 3.02. The molecule has 13 heavy (non-hydrogen) atoms. The Kier molecular flexibility index (Phi) is 3.71. The summed E-state index contributed by atoms with van der Waals surface area (Å²) in [5.41, 5.74) is 5.98. The molecule has 0 aromatic heterocycles. The van der Waals surface area contributed by atoms with E-state index in [9.17, 15) is 9.50 Å². The average Bonchev–Trinajstić information content (AvgIpc) is 2.11. The van der Waals surface area contributed by atoms with Crippen LogP contribution in [-0.2, 0) is 6.42 Å². The van der Waals surface area contributed by atoms with Crippen LogP contribution in [0.4, 0.5) is 4.39 Å². The van der Waals surface area contributed by atoms with Crippen LogP contribution < -0.4 is 5.73 Å². The van der Waals surface area contributed by atoms with Crippen LogP contribution in [0, 0.1) is 5.82 Å². The van der Waals surface area contributed by atoms with Crippen molar-refractivity contribution < 1.29 is 9.50 Å². The third kappa shape index (κ3) is 3.03. The van der Waals surface area contributed by atoms with Gasteiger partial charge in [0.1, 0.15) is 11.6 Å². The largest absolute Gasteiger partial charge is 0.508 e. The number of unbranched alkanes of at least 4 members (excludes halogenated alkanes) is 1. The summed E-state index contributed by atoms with van der Waals surface area (Å²) in [6.45, 7) is 0.635. The fourth-order valence-corrected chi connectivity index (χ4v) is 1.21. The van der Waals surface area contributed by atoms with E-state index in [1.165, 1.54) is 18.2 Å². The molecule has 0 aliphatic rings. The van der Waals surface area contributed by atoms with Crippen molar-refractivity contribution in [3.8, 4) is 5.75 Å². The summed E-state index contributed by atoms with van der Waals surface area (Å²) in [6, 6.07) is 4.00. The Morgan fingerprint density at radius 1 is 1.31 bits per heavy atom. The molecule has 2 nitrogen and oxygen atoms in total. The fourth-order valence-electron chi connectivity index (χ4n) is 1.21. The van der Waals surface area contributed by atoms with Gasteiger partial charge in [0.05, 0.1) is 0 Å². The molecule has 0 fully saturated rings. The van der Waals surface area contributed by atoms with Crippen molar-refractivity contribution in [2.24, 2.45) is 5.73 Å². The van der Waals surface area contributed by atoms with Gasteiger partial charge in [-0.25, -0.2) is 4.39 Å². The molecule has 0 saturated carbocycles. The minimum Gasteiger partial charge on any atom is -0.508 e. The number of aryl methyl sites for hydroxylation is 1. The molecule has 1 aromatic rings. The molecule has 1 aromatic carbocycles. The van der Waals surface area contributed by atoms with Gasteiger partial charge in [-0.15, -0.1) is 0 Å². The Hall–Kier alpha value is -1.09. The Labute approximate surface area is 77.2 Å². The van der Waals surface area contributed by atoms with Crippen molar-refractivity contribution in [1.82, 2.24) is 0 Å². The number of halogens is 1. The molecule has 0 aliphatic carbocycles. The standard InChI is InChI=1S/C10H14FNO/c11-9-4-5-10(13)8(7-9)3-1-2-6-12/h4-5,7,13H,1-3,6,12H2. The first-order valence-electron chi connectivity index (χ1n) is 4.41. The molecule has 0 heterocycles. The Morgan fingerprint density at radius 2 is 2.08 bits per heavy atom. The summed E-state index contributed by atoms with van der Waals surface area (Å²) in [4.78, 5) is 0. The molecule has 0 spiro atoms. The molecular formula is C10H14FNO. The molecule has 0 bridgehead atoms. The molecule has 3 N–H and O–H groups in total. The third-order valence-corrected chi connectivity index (χ3v) is 1.94. The summed E-state index contributed by atoms with van der Waals surface area (Å²) in [5.74, 6) is -0.140. The number of rotatable bonds is 4. The van der Waals surface area contributed by atoms with Crippen LogP contribution in [0.25, 0.3) is 0 Å². The van der Waals surface area contributed by atoms with Crippen molar-refractivity contribution in [1.29, 1.82) is 0 Å². The van der Waals surface area contributed by atoms with Crippen LogP contribution in [0.15, 0.2) is 18.2 Å². The highest BCUT2D eigenvalue weighted by Crippen LogP contribution is 2.19. The number of phenolic OH excluding ortho intramolecular Hbond substituents is 1. The van der Waals surface area contributed by atoms with E-state index in [0.717, 1.165) is 12.8 Å². The van der Waals surface area contributed by atoms with Gasteiger partial charge in [-0.2, -0.15) is 0 Å². The van der Waals surface area contributed by atoms with Crippen LogP contribution in [0.5, 0.6) is 5.75 Å². The van der Waals surface area contributed by atoms with Gasteiger partial charge in [0.15, 0.2) is 0 Å². The molecular weight excluding hydrogens is 169 g/mol. The number of nitrogens with two attached hydrogens (primary N) is 1. The lowest BCUT2D eigenvalue weighted by molar-refractivity contribution is 0.464. The maximum Gasteiger partial charge on any atom is 0.123 e. The molecule has 3 heteroatoms. The van der Waals surface area contributed by atoms with E-state index in [1.54, 1.807) is 0 Å². The number of hydrogen-bond acceptors (Lipinski definition) is 2. The van der Waals surface area contributed by atoms with Gasteiger partial charge >= 0.3 is 0 Å². The van der Waals surface area contributed by atoms with Gasteiger partial charge in [0.2, 0.25) is 0 Å². The summed E-state index contributed by atoms with van der Waals surface area (Å²) in [7, 11) is 0. The lowest BCUT2D eigenvalue weighted by Gasteiger charge is -2.03. The van der Waals surface area contributed by atoms with E-state index in [2.05, 4.69) is 0 Å². The molecule has 0 saturated heterocycles. The predicted octanol–water partition coefficient (Wildman–Crippen LogP) is 1.81. The van der Waals surface area contributed by atoms with Crippen LogP contribution in [0.2, 0.25) is 0 Å². The Bertz CT molecular complexity index is 276. The maximum absolute atomic E-state index is 12.7. The van der Waals surface area contributed by atoms with E-state index in [1.807, 2.05) is 0 Å². The molecule has 1 rings (SSSR count). The molecule has 0 unspecified atom stereocenters. The van der Waals surface area contributed by atoms with Gasteiger partial charge in [-0.3, -0.25) is 0 Å². The van der Waals surface area contributed by atoms with E-state index in [4.69, 9.17) is 5.73 Å². The van der Waals surface area contributed by atoms with E-state index < -0.39 is 0 Å². The summed E-state index contributed by atoms with van der Waals surface area (Å²) < 4.78 is 12.7. The fraction of sp³-hybridized carbons (Fsp3) is 0.400. The minimum atomic E-state index is -0.305. The monoisotopic (exact) mass is 183 g/mol. The zero-order valence-corrected chi connectivity index (χ0v) is 7.46. The first-order valence-corrected chi connectivity index (χ1v) is 4.41. The first kappa shape index (κ1) is 9.99. The highest BCUT2D eigenvalue weighted by molar-refractivity contribution is 5.32. The summed E-state index contributed by atoms with van der Waals surface area (Å²) in [5, 5.41) is 9.34. The number of phenols is 1. The molecule has 0 aliphatic heterocycles. The van der Waals surface area contributed by atoms with E-state index in [0.29, 0.717) is 18.5 Å². The van der Waals surface area contributed by atoms with Crippen LogP contribution in [0.3, 0.4) is 0 Å². The normalized spacial score (nSPS) is 10.3. The number of aromatic hydroxyl groups is 1. The molecule has 0 atom stereocenters. The van der Waals surface area contributed by atoms with E-state index >= 15 is 0 Å². The highest BCUT2D eigenvalue weighted by atomic mass is 19.1. The smallest absolute Gasteiger partial charge is 0.123 e. The molecule has 0 amide bonds. The van der Waals surface area contributed by atoms with Crippen molar-refractivity contribution in [3.63, 3.8) is 0 Å². The number of hydrogen-bond donors (Lipinski definition) is 2. The Balaban J connectivity index is 2.59. The van der Waals surface area contributed by atoms with Crippen molar-refractivity contribution in [2.45, 2.75) is 19.3 Å². The topological polar surface area (TPSA) is 46.2 Å². The van der Waals surface area contributed by atoms with E-state index in [-0.39, 0.29) is 11.6 Å². The van der Waals surface area contributed by atoms with Gasteiger partial charge in [-0.1, -0.05) is 0 Å². The van der Waals surface area contributed by atoms with Crippen LogP contribution in [-0.4, -0.2) is 11.7 Å². The predicted molar refractivity (Wildman–Crippen MR) is 50.1 cm³/mol. The second kappa shape index (κ2) is 4.82. The second-order valence-corrected chi connectivity index (χ2v) is 3.02. The Morgan fingerprint density at radius 3 is 2.77 bits per heavy atom. The van der Waals surface area contributed by atoms with Gasteiger partial charge < -0.3 is 10.8 Å². The highest BCUT2D eigenvalue weighted by Gasteiger charge is 2.01. The first-order chi connectivity index (χ1) is 6.24. The lowest BCUT2D eigenvalue weighted by Crippen LogP contribution is -1.99. The molecule has 0 radical (unpaired) electrons. The lowest BCUT2D eigenvalue weighted by atomic mass is 10.1.